The molecule has 0 bridgehead atoms. The van der Waals surface area contributed by atoms with E-state index in [9.17, 15) is 0 Å². The van der Waals surface area contributed by atoms with E-state index >= 15 is 0 Å². The summed E-state index contributed by atoms with van der Waals surface area (Å²) in [6.45, 7) is 0. The van der Waals surface area contributed by atoms with Gasteiger partial charge in [-0.05, 0) is 66.7 Å². The number of nitrogens with one attached hydrogen (secondary N) is 1. The number of benzene rings is 2. The third-order valence-corrected chi connectivity index (χ3v) is 7.14. The first-order chi connectivity index (χ1) is 15.8. The van der Waals surface area contributed by atoms with Crippen LogP contribution >= 0.6 is 0 Å². The highest BCUT2D eigenvalue weighted by atomic mass is 15.3. The maximum Gasteiger partial charge on any atom is 0.203 e. The lowest BCUT2D eigenvalue weighted by Crippen LogP contribution is -2.14. The summed E-state index contributed by atoms with van der Waals surface area (Å²) in [7, 11) is 0. The molecule has 32 heavy (non-hydrogen) atoms. The number of nitrogens with zero attached hydrogens (tertiary/aromatic N) is 3. The van der Waals surface area contributed by atoms with E-state index in [1.165, 1.54) is 49.7 Å². The number of fused-ring (bicyclic) bond motifs is 1. The largest absolute Gasteiger partial charge is 0.384 e. The van der Waals surface area contributed by atoms with Crippen molar-refractivity contribution in [2.45, 2.75) is 56.8 Å². The molecule has 2 heterocycles. The van der Waals surface area contributed by atoms with Crippen LogP contribution in [-0.4, -0.2) is 20.4 Å². The van der Waals surface area contributed by atoms with Gasteiger partial charge in [-0.3, -0.25) is 0 Å². The molecule has 0 spiro atoms. The molecule has 0 radical (unpaired) electrons. The molecule has 2 aromatic carbocycles. The fraction of sp³-hybridized carbons (Fsp3) is 0.370. The van der Waals surface area contributed by atoms with Crippen molar-refractivity contribution in [1.29, 1.82) is 0 Å². The zero-order valence-corrected chi connectivity index (χ0v) is 18.5. The second kappa shape index (κ2) is 9.51. The molecule has 1 fully saturated rings. The molecule has 5 nitrogen and oxygen atoms in total. The van der Waals surface area contributed by atoms with Gasteiger partial charge in [0.05, 0.1) is 0 Å². The number of hydrogen-bond acceptors (Lipinski definition) is 4. The SMILES string of the molecule is Nc1cc([C@@H](CCCC2CCC(c3ccccc3)CC2)c2ccccc2)c2n[nH]nc2n1. The highest BCUT2D eigenvalue weighted by Gasteiger charge is 2.24. The van der Waals surface area contributed by atoms with Gasteiger partial charge < -0.3 is 5.73 Å². The van der Waals surface area contributed by atoms with E-state index in [1.807, 2.05) is 6.07 Å². The van der Waals surface area contributed by atoms with E-state index in [-0.39, 0.29) is 5.92 Å². The molecular formula is C27H31N5. The smallest absolute Gasteiger partial charge is 0.203 e. The molecule has 0 aliphatic heterocycles. The number of pyridine rings is 1. The molecule has 5 heteroatoms. The summed E-state index contributed by atoms with van der Waals surface area (Å²) in [5, 5.41) is 11.3. The lowest BCUT2D eigenvalue weighted by molar-refractivity contribution is 0.301. The van der Waals surface area contributed by atoms with Crippen LogP contribution in [0.15, 0.2) is 66.7 Å². The lowest BCUT2D eigenvalue weighted by atomic mass is 9.76. The van der Waals surface area contributed by atoms with E-state index in [4.69, 9.17) is 5.73 Å². The minimum Gasteiger partial charge on any atom is -0.384 e. The van der Waals surface area contributed by atoms with Crippen molar-refractivity contribution in [3.05, 3.63) is 83.4 Å². The Hall–Kier alpha value is -3.21. The molecule has 0 amide bonds. The van der Waals surface area contributed by atoms with Gasteiger partial charge in [0.2, 0.25) is 5.65 Å². The highest BCUT2D eigenvalue weighted by molar-refractivity contribution is 5.77. The van der Waals surface area contributed by atoms with Gasteiger partial charge in [0.25, 0.3) is 0 Å². The molecule has 5 rings (SSSR count). The van der Waals surface area contributed by atoms with E-state index in [0.29, 0.717) is 11.5 Å². The Morgan fingerprint density at radius 1 is 0.906 bits per heavy atom. The Morgan fingerprint density at radius 3 is 2.38 bits per heavy atom. The Bertz CT molecular complexity index is 1130. The van der Waals surface area contributed by atoms with Crippen LogP contribution in [-0.2, 0) is 0 Å². The van der Waals surface area contributed by atoms with Crippen LogP contribution in [0, 0.1) is 5.92 Å². The summed E-state index contributed by atoms with van der Waals surface area (Å²) in [5.74, 6) is 2.32. The van der Waals surface area contributed by atoms with Crippen molar-refractivity contribution in [2.75, 3.05) is 5.73 Å². The molecule has 4 aromatic rings. The van der Waals surface area contributed by atoms with E-state index in [0.717, 1.165) is 29.3 Å². The minimum absolute atomic E-state index is 0.245. The molecular weight excluding hydrogens is 394 g/mol. The second-order valence-corrected chi connectivity index (χ2v) is 9.15. The van der Waals surface area contributed by atoms with E-state index in [1.54, 1.807) is 0 Å². The summed E-state index contributed by atoms with van der Waals surface area (Å²) in [5.41, 5.74) is 11.5. The Kier molecular flexibility index (Phi) is 6.15. The van der Waals surface area contributed by atoms with Gasteiger partial charge in [-0.2, -0.15) is 10.3 Å². The summed E-state index contributed by atoms with van der Waals surface area (Å²) in [6.07, 6.45) is 8.87. The number of anilines is 1. The van der Waals surface area contributed by atoms with Gasteiger partial charge in [0.15, 0.2) is 0 Å². The van der Waals surface area contributed by atoms with Crippen LogP contribution < -0.4 is 5.73 Å². The molecule has 1 atom stereocenters. The first-order valence-corrected chi connectivity index (χ1v) is 11.8. The Morgan fingerprint density at radius 2 is 1.62 bits per heavy atom. The number of rotatable bonds is 7. The molecule has 164 valence electrons. The van der Waals surface area contributed by atoms with Crippen LogP contribution in [0.25, 0.3) is 11.2 Å². The standard InChI is InChI=1S/C27H31N5/c28-25-18-24(26-27(29-25)31-32-30-26)23(22-11-5-2-6-12-22)13-7-8-19-14-16-21(17-15-19)20-9-3-1-4-10-20/h1-6,9-12,18-19,21,23H,7-8,13-17H2,(H3,28,29,30,31,32)/t19?,21?,23-/m0/s1. The van der Waals surface area contributed by atoms with Gasteiger partial charge in [-0.1, -0.05) is 73.5 Å². The van der Waals surface area contributed by atoms with Gasteiger partial charge in [0, 0.05) is 5.92 Å². The van der Waals surface area contributed by atoms with Crippen molar-refractivity contribution in [3.63, 3.8) is 0 Å². The third-order valence-electron chi connectivity index (χ3n) is 7.14. The van der Waals surface area contributed by atoms with Crippen LogP contribution in [0.4, 0.5) is 5.82 Å². The molecule has 0 unspecified atom stereocenters. The first-order valence-electron chi connectivity index (χ1n) is 11.8. The predicted molar refractivity (Wildman–Crippen MR) is 129 cm³/mol. The number of aromatic amines is 1. The minimum atomic E-state index is 0.245. The highest BCUT2D eigenvalue weighted by Crippen LogP contribution is 2.39. The van der Waals surface area contributed by atoms with Crippen molar-refractivity contribution in [2.24, 2.45) is 5.92 Å². The zero-order valence-electron chi connectivity index (χ0n) is 18.5. The number of H-pyrrole nitrogens is 1. The van der Waals surface area contributed by atoms with Crippen molar-refractivity contribution in [1.82, 2.24) is 20.4 Å². The van der Waals surface area contributed by atoms with Crippen LogP contribution in [0.2, 0.25) is 0 Å². The predicted octanol–water partition coefficient (Wildman–Crippen LogP) is 6.21. The molecule has 1 aliphatic rings. The number of aromatic nitrogens is 4. The van der Waals surface area contributed by atoms with Crippen molar-refractivity contribution < 1.29 is 0 Å². The van der Waals surface area contributed by atoms with Crippen LogP contribution in [0.3, 0.4) is 0 Å². The van der Waals surface area contributed by atoms with Crippen molar-refractivity contribution >= 4 is 17.0 Å². The fourth-order valence-corrected chi connectivity index (χ4v) is 5.45. The van der Waals surface area contributed by atoms with Gasteiger partial charge >= 0.3 is 0 Å². The number of nitrogens with two attached hydrogens (primary N) is 1. The summed E-state index contributed by atoms with van der Waals surface area (Å²) in [4.78, 5) is 4.33. The number of hydrogen-bond donors (Lipinski definition) is 2. The van der Waals surface area contributed by atoms with Crippen LogP contribution in [0.1, 0.15) is 73.5 Å². The van der Waals surface area contributed by atoms with Gasteiger partial charge in [-0.15, -0.1) is 5.10 Å². The number of nitrogen functional groups attached to an aromatic ring is 1. The van der Waals surface area contributed by atoms with Crippen molar-refractivity contribution in [3.8, 4) is 0 Å². The van der Waals surface area contributed by atoms with E-state index in [2.05, 4.69) is 81.1 Å². The molecule has 3 N–H and O–H groups in total. The van der Waals surface area contributed by atoms with Gasteiger partial charge in [0.1, 0.15) is 11.3 Å². The quantitative estimate of drug-likeness (QED) is 0.369. The average Bonchev–Trinajstić information content (AvgIpc) is 3.31. The summed E-state index contributed by atoms with van der Waals surface area (Å²) >= 11 is 0. The third kappa shape index (κ3) is 4.52. The molecule has 1 saturated carbocycles. The summed E-state index contributed by atoms with van der Waals surface area (Å²) < 4.78 is 0. The topological polar surface area (TPSA) is 80.5 Å². The maximum absolute atomic E-state index is 6.11. The van der Waals surface area contributed by atoms with E-state index < -0.39 is 0 Å². The zero-order chi connectivity index (χ0) is 21.8. The summed E-state index contributed by atoms with van der Waals surface area (Å²) in [6, 6.07) is 23.7. The Balaban J connectivity index is 1.26. The first kappa shape index (κ1) is 20.7. The Labute approximate surface area is 189 Å². The molecule has 1 aliphatic carbocycles. The molecule has 2 aromatic heterocycles. The average molecular weight is 426 g/mol. The monoisotopic (exact) mass is 425 g/mol. The normalized spacial score (nSPS) is 19.8. The fourth-order valence-electron chi connectivity index (χ4n) is 5.45. The van der Waals surface area contributed by atoms with Crippen LogP contribution in [0.5, 0.6) is 0 Å². The second-order valence-electron chi connectivity index (χ2n) is 9.15. The van der Waals surface area contributed by atoms with Gasteiger partial charge in [-0.25, -0.2) is 4.98 Å². The molecule has 0 saturated heterocycles. The lowest BCUT2D eigenvalue weighted by Gasteiger charge is -2.29. The maximum atomic E-state index is 6.11.